The van der Waals surface area contributed by atoms with E-state index in [0.717, 1.165) is 4.46 Å². The summed E-state index contributed by atoms with van der Waals surface area (Å²) in [6, 6.07) is 7.27. The standard InChI is InChI=1S/C12H13Cl2NO2Se/c1-8(16)7-18-10-5-3-2-4-9(10)12(17)15-6-11(13)14/h2-5,11H,6-7H2,1H3,(H,15,17). The maximum atomic E-state index is 11.9. The number of Topliss-reactive ketones (excluding diaryl/α,β-unsaturated/α-hetero) is 1. The topological polar surface area (TPSA) is 46.2 Å². The molecule has 0 bridgehead atoms. The quantitative estimate of drug-likeness (QED) is 0.623. The van der Waals surface area contributed by atoms with Gasteiger partial charge in [-0.1, -0.05) is 0 Å². The Balaban J connectivity index is 2.74. The van der Waals surface area contributed by atoms with E-state index in [1.165, 1.54) is 0 Å². The molecule has 0 atom stereocenters. The average Bonchev–Trinajstić information content (AvgIpc) is 2.33. The molecule has 0 aromatic heterocycles. The van der Waals surface area contributed by atoms with Gasteiger partial charge < -0.3 is 0 Å². The third kappa shape index (κ3) is 5.40. The number of hydrogen-bond donors (Lipinski definition) is 1. The summed E-state index contributed by atoms with van der Waals surface area (Å²) in [5, 5.41) is 3.14. The van der Waals surface area contributed by atoms with Crippen molar-refractivity contribution in [2.24, 2.45) is 0 Å². The van der Waals surface area contributed by atoms with Crippen LogP contribution >= 0.6 is 23.2 Å². The molecular weight excluding hydrogens is 340 g/mol. The molecule has 0 fully saturated rings. The number of hydrogen-bond acceptors (Lipinski definition) is 2. The van der Waals surface area contributed by atoms with Gasteiger partial charge in [0.15, 0.2) is 0 Å². The van der Waals surface area contributed by atoms with Gasteiger partial charge in [0.2, 0.25) is 0 Å². The molecule has 0 radical (unpaired) electrons. The van der Waals surface area contributed by atoms with Crippen LogP contribution in [0, 0.1) is 0 Å². The second-order valence-electron chi connectivity index (χ2n) is 3.59. The summed E-state index contributed by atoms with van der Waals surface area (Å²) in [5.41, 5.74) is 0.590. The number of carbonyl (C=O) groups excluding carboxylic acids is 2. The number of benzene rings is 1. The van der Waals surface area contributed by atoms with Crippen molar-refractivity contribution in [2.45, 2.75) is 17.1 Å². The number of nitrogens with one attached hydrogen (secondary N) is 1. The van der Waals surface area contributed by atoms with Crippen LogP contribution in [0.15, 0.2) is 24.3 Å². The third-order valence-corrected chi connectivity index (χ3v) is 4.84. The summed E-state index contributed by atoms with van der Waals surface area (Å²) in [6.45, 7) is 1.76. The van der Waals surface area contributed by atoms with Crippen LogP contribution in [0.2, 0.25) is 5.32 Å². The van der Waals surface area contributed by atoms with E-state index in [0.29, 0.717) is 10.9 Å². The number of carbonyl (C=O) groups is 2. The van der Waals surface area contributed by atoms with Crippen molar-refractivity contribution in [1.82, 2.24) is 5.32 Å². The molecule has 6 heteroatoms. The summed E-state index contributed by atoms with van der Waals surface area (Å²) < 4.78 is 0.915. The maximum absolute atomic E-state index is 11.9. The monoisotopic (exact) mass is 353 g/mol. The predicted octanol–water partition coefficient (Wildman–Crippen LogP) is 1.56. The number of alkyl halides is 2. The second-order valence-corrected chi connectivity index (χ2v) is 7.00. The molecule has 1 aromatic carbocycles. The van der Waals surface area contributed by atoms with Crippen LogP contribution < -0.4 is 9.78 Å². The van der Waals surface area contributed by atoms with Gasteiger partial charge in [-0.25, -0.2) is 0 Å². The van der Waals surface area contributed by atoms with Crippen LogP contribution in [0.5, 0.6) is 0 Å². The summed E-state index contributed by atoms with van der Waals surface area (Å²) >= 11 is 11.1. The van der Waals surface area contributed by atoms with Gasteiger partial charge in [0.1, 0.15) is 0 Å². The fourth-order valence-corrected chi connectivity index (χ4v) is 3.16. The van der Waals surface area contributed by atoms with Crippen LogP contribution in [-0.2, 0) is 4.79 Å². The normalized spacial score (nSPS) is 10.4. The Hall–Kier alpha value is -0.541. The molecule has 3 nitrogen and oxygen atoms in total. The van der Waals surface area contributed by atoms with E-state index in [2.05, 4.69) is 5.32 Å². The molecule has 1 rings (SSSR count). The fourth-order valence-electron chi connectivity index (χ4n) is 1.22. The molecule has 0 unspecified atom stereocenters. The molecule has 0 aliphatic rings. The molecule has 18 heavy (non-hydrogen) atoms. The molecule has 0 saturated heterocycles. The molecule has 0 aliphatic carbocycles. The van der Waals surface area contributed by atoms with Crippen molar-refractivity contribution in [3.05, 3.63) is 29.8 Å². The molecule has 1 aromatic rings. The van der Waals surface area contributed by atoms with Gasteiger partial charge in [-0.2, -0.15) is 0 Å². The number of rotatable bonds is 6. The van der Waals surface area contributed by atoms with E-state index in [9.17, 15) is 9.59 Å². The van der Waals surface area contributed by atoms with Crippen molar-refractivity contribution in [1.29, 1.82) is 0 Å². The number of halogens is 2. The number of amides is 1. The molecule has 0 aliphatic heterocycles. The first-order valence-electron chi connectivity index (χ1n) is 5.28. The van der Waals surface area contributed by atoms with Gasteiger partial charge in [-0.3, -0.25) is 0 Å². The SMILES string of the molecule is CC(=O)C[Se]c1ccccc1C(=O)NCC(Cl)Cl. The van der Waals surface area contributed by atoms with Gasteiger partial charge in [-0.05, 0) is 0 Å². The molecule has 98 valence electrons. The molecule has 1 amide bonds. The van der Waals surface area contributed by atoms with Gasteiger partial charge in [0.25, 0.3) is 0 Å². The molecule has 0 spiro atoms. The summed E-state index contributed by atoms with van der Waals surface area (Å²) in [6.07, 6.45) is 0. The second kappa shape index (κ2) is 7.80. The van der Waals surface area contributed by atoms with Crippen LogP contribution in [0.3, 0.4) is 0 Å². The van der Waals surface area contributed by atoms with Gasteiger partial charge >= 0.3 is 123 Å². The Morgan fingerprint density at radius 3 is 2.61 bits per heavy atom. The average molecular weight is 353 g/mol. The van der Waals surface area contributed by atoms with Crippen molar-refractivity contribution in [3.63, 3.8) is 0 Å². The first kappa shape index (κ1) is 15.5. The zero-order valence-corrected chi connectivity index (χ0v) is 13.0. The van der Waals surface area contributed by atoms with Crippen molar-refractivity contribution < 1.29 is 9.59 Å². The zero-order chi connectivity index (χ0) is 13.5. The Kier molecular flexibility index (Phi) is 6.72. The fraction of sp³-hybridized carbons (Fsp3) is 0.333. The number of ketones is 1. The van der Waals surface area contributed by atoms with E-state index in [1.54, 1.807) is 19.1 Å². The molecular formula is C12H13Cl2NO2Se. The Labute approximate surface area is 122 Å². The van der Waals surface area contributed by atoms with Gasteiger partial charge in [0.05, 0.1) is 0 Å². The Morgan fingerprint density at radius 2 is 2.00 bits per heavy atom. The van der Waals surface area contributed by atoms with Crippen LogP contribution in [0.1, 0.15) is 17.3 Å². The van der Waals surface area contributed by atoms with Crippen molar-refractivity contribution in [3.8, 4) is 0 Å². The van der Waals surface area contributed by atoms with Gasteiger partial charge in [0, 0.05) is 0 Å². The van der Waals surface area contributed by atoms with Crippen LogP contribution in [0.4, 0.5) is 0 Å². The minimum absolute atomic E-state index is 0.0267. The third-order valence-electron chi connectivity index (χ3n) is 1.98. The molecule has 1 N–H and O–H groups in total. The first-order chi connectivity index (χ1) is 8.50. The zero-order valence-electron chi connectivity index (χ0n) is 9.78. The predicted molar refractivity (Wildman–Crippen MR) is 75.1 cm³/mol. The van der Waals surface area contributed by atoms with Crippen LogP contribution in [-0.4, -0.2) is 38.0 Å². The Bertz CT molecular complexity index is 438. The van der Waals surface area contributed by atoms with E-state index >= 15 is 0 Å². The summed E-state index contributed by atoms with van der Waals surface area (Å²) in [5.74, 6) is -0.0749. The molecule has 0 heterocycles. The van der Waals surface area contributed by atoms with E-state index in [-0.39, 0.29) is 33.2 Å². The van der Waals surface area contributed by atoms with Crippen molar-refractivity contribution >= 4 is 54.3 Å². The van der Waals surface area contributed by atoms with E-state index in [1.807, 2.05) is 12.1 Å². The van der Waals surface area contributed by atoms with Crippen molar-refractivity contribution in [2.75, 3.05) is 6.54 Å². The van der Waals surface area contributed by atoms with E-state index in [4.69, 9.17) is 23.2 Å². The summed E-state index contributed by atoms with van der Waals surface area (Å²) in [7, 11) is 0. The minimum atomic E-state index is -0.621. The molecule has 0 saturated carbocycles. The summed E-state index contributed by atoms with van der Waals surface area (Å²) in [4.78, 5) is 22.3. The first-order valence-corrected chi connectivity index (χ1v) is 8.22. The van der Waals surface area contributed by atoms with E-state index < -0.39 is 4.84 Å². The van der Waals surface area contributed by atoms with Crippen LogP contribution in [0.25, 0.3) is 0 Å². The Morgan fingerprint density at radius 1 is 1.33 bits per heavy atom. The van der Waals surface area contributed by atoms with Gasteiger partial charge in [-0.15, -0.1) is 0 Å².